The third-order valence-electron chi connectivity index (χ3n) is 4.69. The van der Waals surface area contributed by atoms with Crippen molar-refractivity contribution in [3.8, 4) is 0 Å². The Balaban J connectivity index is 1.46. The van der Waals surface area contributed by atoms with Crippen molar-refractivity contribution < 1.29 is 32.2 Å². The molecule has 0 bridgehead atoms. The zero-order chi connectivity index (χ0) is 23.3. The Morgan fingerprint density at radius 2 is 1.44 bits per heavy atom. The molecule has 7 nitrogen and oxygen atoms in total. The number of unbranched alkanes of at least 4 members (excludes halogenated alkanes) is 3. The summed E-state index contributed by atoms with van der Waals surface area (Å²) in [6, 6.07) is 5.06. The molecule has 1 aliphatic rings. The smallest absolute Gasteiger partial charge is 0.379 e. The largest absolute Gasteiger partial charge is 0.442 e. The highest BCUT2D eigenvalue weighted by Gasteiger charge is 2.65. The molecule has 1 N–H and O–H groups in total. The molecule has 1 amide bonds. The number of hydrogen-bond donors (Lipinski definition) is 1. The molecule has 0 saturated heterocycles. The molecular weight excluding hydrogens is 451 g/mol. The molecular formula is C21H29ClF3N3O4. The second-order valence-electron chi connectivity index (χ2n) is 7.14. The van der Waals surface area contributed by atoms with E-state index in [9.17, 15) is 18.0 Å². The third-order valence-corrected chi connectivity index (χ3v) is 4.96. The molecule has 1 aromatic rings. The lowest BCUT2D eigenvalue weighted by Gasteiger charge is -2.15. The van der Waals surface area contributed by atoms with Gasteiger partial charge in [0, 0.05) is 30.2 Å². The Bertz CT molecular complexity index is 711. The summed E-state index contributed by atoms with van der Waals surface area (Å²) in [7, 11) is 0. The van der Waals surface area contributed by atoms with Gasteiger partial charge in [0.2, 0.25) is 0 Å². The number of carbonyl (C=O) groups excluding carboxylic acids is 1. The molecule has 0 atom stereocenters. The van der Waals surface area contributed by atoms with E-state index in [0.717, 1.165) is 32.3 Å². The van der Waals surface area contributed by atoms with Crippen LogP contribution < -0.4 is 5.32 Å². The van der Waals surface area contributed by atoms with Crippen LogP contribution >= 0.6 is 11.6 Å². The molecule has 0 aromatic heterocycles. The SMILES string of the molecule is O=C(NCCOCCOCCOCCCCCCCl)c1ccc(C2(C(F)(F)F)N=N2)cc1. The highest BCUT2D eigenvalue weighted by Crippen LogP contribution is 2.52. The molecule has 32 heavy (non-hydrogen) atoms. The van der Waals surface area contributed by atoms with Crippen LogP contribution in [-0.4, -0.2) is 64.1 Å². The van der Waals surface area contributed by atoms with Crippen molar-refractivity contribution in [2.24, 2.45) is 10.2 Å². The highest BCUT2D eigenvalue weighted by molar-refractivity contribution is 6.17. The number of nitrogens with one attached hydrogen (secondary N) is 1. The van der Waals surface area contributed by atoms with Crippen molar-refractivity contribution >= 4 is 17.5 Å². The summed E-state index contributed by atoms with van der Waals surface area (Å²) >= 11 is 5.61. The van der Waals surface area contributed by atoms with Crippen molar-refractivity contribution in [2.45, 2.75) is 37.5 Å². The van der Waals surface area contributed by atoms with Gasteiger partial charge in [-0.1, -0.05) is 25.0 Å². The molecule has 1 aromatic carbocycles. The van der Waals surface area contributed by atoms with Crippen molar-refractivity contribution in [1.29, 1.82) is 0 Å². The fourth-order valence-electron chi connectivity index (χ4n) is 2.83. The summed E-state index contributed by atoms with van der Waals surface area (Å²) in [5.41, 5.74) is -2.35. The van der Waals surface area contributed by atoms with Gasteiger partial charge in [-0.2, -0.15) is 13.2 Å². The van der Waals surface area contributed by atoms with Gasteiger partial charge in [0.15, 0.2) is 0 Å². The van der Waals surface area contributed by atoms with Gasteiger partial charge in [-0.25, -0.2) is 0 Å². The van der Waals surface area contributed by atoms with Gasteiger partial charge in [0.25, 0.3) is 5.91 Å². The average molecular weight is 480 g/mol. The van der Waals surface area contributed by atoms with Crippen LogP contribution in [0, 0.1) is 0 Å². The van der Waals surface area contributed by atoms with Crippen LogP contribution in [0.2, 0.25) is 0 Å². The van der Waals surface area contributed by atoms with E-state index in [1.165, 1.54) is 24.3 Å². The topological polar surface area (TPSA) is 81.5 Å². The molecule has 11 heteroatoms. The summed E-state index contributed by atoms with van der Waals surface area (Å²) in [6.07, 6.45) is -0.274. The molecule has 1 heterocycles. The van der Waals surface area contributed by atoms with E-state index < -0.39 is 17.7 Å². The molecule has 2 rings (SSSR count). The molecule has 1 aliphatic heterocycles. The van der Waals surface area contributed by atoms with E-state index >= 15 is 0 Å². The maximum absolute atomic E-state index is 13.0. The van der Waals surface area contributed by atoms with Gasteiger partial charge in [-0.15, -0.1) is 21.8 Å². The van der Waals surface area contributed by atoms with E-state index in [2.05, 4.69) is 15.5 Å². The van der Waals surface area contributed by atoms with Gasteiger partial charge in [-0.3, -0.25) is 4.79 Å². The molecule has 0 radical (unpaired) electrons. The minimum atomic E-state index is -4.59. The van der Waals surface area contributed by atoms with Crippen molar-refractivity contribution in [3.05, 3.63) is 35.4 Å². The van der Waals surface area contributed by atoms with Gasteiger partial charge in [-0.05, 0) is 25.0 Å². The standard InChI is InChI=1S/C21H29ClF3N3O4/c22-9-3-1-2-4-11-30-13-15-32-16-14-31-12-10-26-19(29)17-5-7-18(8-6-17)20(27-28-20)21(23,24)25/h5-8H,1-4,9-16H2,(H,26,29). The quantitative estimate of drug-likeness (QED) is 0.264. The van der Waals surface area contributed by atoms with Gasteiger partial charge < -0.3 is 19.5 Å². The summed E-state index contributed by atoms with van der Waals surface area (Å²) < 4.78 is 55.2. The molecule has 0 spiro atoms. The number of amides is 1. The number of halogens is 4. The number of nitrogens with zero attached hydrogens (tertiary/aromatic N) is 2. The Hall–Kier alpha value is -1.75. The van der Waals surface area contributed by atoms with E-state index in [1.54, 1.807) is 0 Å². The van der Waals surface area contributed by atoms with Crippen molar-refractivity contribution in [1.82, 2.24) is 5.32 Å². The first-order valence-corrected chi connectivity index (χ1v) is 11.1. The Morgan fingerprint density at radius 3 is 2.00 bits per heavy atom. The van der Waals surface area contributed by atoms with Crippen molar-refractivity contribution in [3.63, 3.8) is 0 Å². The Morgan fingerprint density at radius 1 is 0.875 bits per heavy atom. The number of ether oxygens (including phenoxy) is 3. The minimum Gasteiger partial charge on any atom is -0.379 e. The number of hydrogen-bond acceptors (Lipinski definition) is 6. The number of alkyl halides is 4. The second-order valence-corrected chi connectivity index (χ2v) is 7.52. The van der Waals surface area contributed by atoms with Crippen LogP contribution in [0.1, 0.15) is 41.6 Å². The highest BCUT2D eigenvalue weighted by atomic mass is 35.5. The van der Waals surface area contributed by atoms with Crippen LogP contribution in [-0.2, 0) is 19.9 Å². The number of benzene rings is 1. The predicted octanol–water partition coefficient (Wildman–Crippen LogP) is 4.45. The minimum absolute atomic E-state index is 0.113. The summed E-state index contributed by atoms with van der Waals surface area (Å²) in [5.74, 6) is 0.307. The Kier molecular flexibility index (Phi) is 11.4. The van der Waals surface area contributed by atoms with E-state index in [1.807, 2.05) is 0 Å². The van der Waals surface area contributed by atoms with Crippen LogP contribution in [0.3, 0.4) is 0 Å². The number of carbonyl (C=O) groups is 1. The first kappa shape index (κ1) is 26.5. The van der Waals surface area contributed by atoms with Crippen molar-refractivity contribution in [2.75, 3.05) is 52.1 Å². The third kappa shape index (κ3) is 8.65. The van der Waals surface area contributed by atoms with Gasteiger partial charge in [0.1, 0.15) is 0 Å². The lowest BCUT2D eigenvalue weighted by molar-refractivity contribution is -0.166. The van der Waals surface area contributed by atoms with Crippen LogP contribution in [0.5, 0.6) is 0 Å². The number of rotatable bonds is 17. The lowest BCUT2D eigenvalue weighted by Crippen LogP contribution is -2.30. The molecule has 0 unspecified atom stereocenters. The molecule has 180 valence electrons. The fourth-order valence-corrected chi connectivity index (χ4v) is 3.02. The van der Waals surface area contributed by atoms with E-state index in [4.69, 9.17) is 25.8 Å². The first-order valence-electron chi connectivity index (χ1n) is 10.6. The maximum atomic E-state index is 13.0. The predicted molar refractivity (Wildman–Crippen MR) is 113 cm³/mol. The monoisotopic (exact) mass is 479 g/mol. The van der Waals surface area contributed by atoms with Gasteiger partial charge in [0.05, 0.1) is 33.0 Å². The Labute approximate surface area is 190 Å². The summed E-state index contributed by atoms with van der Waals surface area (Å²) in [5, 5.41) is 8.91. The normalized spacial score (nSPS) is 14.5. The molecule has 0 aliphatic carbocycles. The zero-order valence-corrected chi connectivity index (χ0v) is 18.6. The van der Waals surface area contributed by atoms with Crippen LogP contribution in [0.4, 0.5) is 13.2 Å². The molecule has 0 saturated carbocycles. The molecule has 0 fully saturated rings. The summed E-state index contributed by atoms with van der Waals surface area (Å²) in [6.45, 7) is 3.12. The van der Waals surface area contributed by atoms with E-state index in [0.29, 0.717) is 38.9 Å². The van der Waals surface area contributed by atoms with Gasteiger partial charge >= 0.3 is 11.8 Å². The second kappa shape index (κ2) is 13.7. The lowest BCUT2D eigenvalue weighted by atomic mass is 10.0. The van der Waals surface area contributed by atoms with Crippen LogP contribution in [0.25, 0.3) is 0 Å². The maximum Gasteiger partial charge on any atom is 0.442 e. The first-order chi connectivity index (χ1) is 15.4. The summed E-state index contributed by atoms with van der Waals surface area (Å²) in [4.78, 5) is 12.1. The average Bonchev–Trinajstić information content (AvgIpc) is 3.59. The zero-order valence-electron chi connectivity index (χ0n) is 17.8. The van der Waals surface area contributed by atoms with Crippen LogP contribution in [0.15, 0.2) is 34.5 Å². The van der Waals surface area contributed by atoms with E-state index in [-0.39, 0.29) is 17.7 Å². The fraction of sp³-hybridized carbons (Fsp3) is 0.667.